The lowest BCUT2D eigenvalue weighted by Crippen LogP contribution is -2.31. The van der Waals surface area contributed by atoms with E-state index in [1.807, 2.05) is 12.1 Å². The highest BCUT2D eigenvalue weighted by Gasteiger charge is 2.17. The molecule has 6 heteroatoms. The summed E-state index contributed by atoms with van der Waals surface area (Å²) in [6.07, 6.45) is 6.57. The van der Waals surface area contributed by atoms with Gasteiger partial charge in [0.05, 0.1) is 0 Å². The zero-order valence-electron chi connectivity index (χ0n) is 14.3. The summed E-state index contributed by atoms with van der Waals surface area (Å²) in [5.41, 5.74) is 1.86. The fourth-order valence-electron chi connectivity index (χ4n) is 3.13. The number of piperidine rings is 1. The molecule has 0 aliphatic carbocycles. The van der Waals surface area contributed by atoms with Gasteiger partial charge in [0.2, 0.25) is 5.43 Å². The molecule has 1 aliphatic heterocycles. The molecular formula is C19H22ClN3O2. The summed E-state index contributed by atoms with van der Waals surface area (Å²) in [6, 6.07) is 8.28. The Morgan fingerprint density at radius 2 is 1.84 bits per heavy atom. The van der Waals surface area contributed by atoms with Crippen LogP contribution in [-0.4, -0.2) is 35.9 Å². The predicted molar refractivity (Wildman–Crippen MR) is 100 cm³/mol. The number of H-pyrrole nitrogens is 1. The third kappa shape index (κ3) is 4.04. The molecule has 2 aromatic rings. The summed E-state index contributed by atoms with van der Waals surface area (Å²) < 4.78 is 0. The van der Waals surface area contributed by atoms with Crippen molar-refractivity contribution in [2.24, 2.45) is 0 Å². The molecule has 25 heavy (non-hydrogen) atoms. The highest BCUT2D eigenvalue weighted by Crippen LogP contribution is 2.20. The van der Waals surface area contributed by atoms with Crippen LogP contribution in [-0.2, 0) is 6.54 Å². The summed E-state index contributed by atoms with van der Waals surface area (Å²) in [4.78, 5) is 31.1. The van der Waals surface area contributed by atoms with E-state index >= 15 is 0 Å². The topological polar surface area (TPSA) is 56.4 Å². The minimum absolute atomic E-state index is 0.0186. The SMILES string of the molecule is CN(Cc1ccc(N2CCCCC2)cc1)C(=O)c1c[nH]cc(Cl)c1=O. The van der Waals surface area contributed by atoms with Crippen LogP contribution in [0, 0.1) is 0 Å². The first-order valence-electron chi connectivity index (χ1n) is 8.52. The third-order valence-corrected chi connectivity index (χ3v) is 4.83. The largest absolute Gasteiger partial charge is 0.372 e. The zero-order valence-corrected chi connectivity index (χ0v) is 15.1. The second kappa shape index (κ2) is 7.74. The van der Waals surface area contributed by atoms with Crippen molar-refractivity contribution >= 4 is 23.2 Å². The number of rotatable bonds is 4. The predicted octanol–water partition coefficient (Wildman–Crippen LogP) is 3.29. The molecule has 0 unspecified atom stereocenters. The second-order valence-corrected chi connectivity index (χ2v) is 6.83. The number of carbonyl (C=O) groups is 1. The van der Waals surface area contributed by atoms with Crippen molar-refractivity contribution in [1.29, 1.82) is 0 Å². The van der Waals surface area contributed by atoms with Crippen LogP contribution in [0.15, 0.2) is 41.5 Å². The highest BCUT2D eigenvalue weighted by molar-refractivity contribution is 6.30. The lowest BCUT2D eigenvalue weighted by atomic mass is 10.1. The number of carbonyl (C=O) groups excluding carboxylic acids is 1. The molecule has 0 spiro atoms. The maximum atomic E-state index is 12.5. The van der Waals surface area contributed by atoms with Crippen molar-refractivity contribution in [3.8, 4) is 0 Å². The van der Waals surface area contributed by atoms with Crippen LogP contribution < -0.4 is 10.3 Å². The Hall–Kier alpha value is -2.27. The normalized spacial score (nSPS) is 14.4. The number of aromatic nitrogens is 1. The van der Waals surface area contributed by atoms with Gasteiger partial charge >= 0.3 is 0 Å². The van der Waals surface area contributed by atoms with Gasteiger partial charge < -0.3 is 14.8 Å². The third-order valence-electron chi connectivity index (χ3n) is 4.55. The average molecular weight is 360 g/mol. The van der Waals surface area contributed by atoms with E-state index in [4.69, 9.17) is 11.6 Å². The number of anilines is 1. The monoisotopic (exact) mass is 359 g/mol. The molecule has 1 aromatic carbocycles. The number of amides is 1. The van der Waals surface area contributed by atoms with E-state index in [2.05, 4.69) is 22.0 Å². The molecule has 1 amide bonds. The van der Waals surface area contributed by atoms with Crippen molar-refractivity contribution < 1.29 is 4.79 Å². The quantitative estimate of drug-likeness (QED) is 0.911. The Morgan fingerprint density at radius 3 is 2.52 bits per heavy atom. The fraction of sp³-hybridized carbons (Fsp3) is 0.368. The first-order chi connectivity index (χ1) is 12.1. The maximum Gasteiger partial charge on any atom is 0.259 e. The van der Waals surface area contributed by atoms with E-state index in [1.54, 1.807) is 7.05 Å². The van der Waals surface area contributed by atoms with Crippen LogP contribution in [0.4, 0.5) is 5.69 Å². The van der Waals surface area contributed by atoms with Crippen LogP contribution in [0.3, 0.4) is 0 Å². The van der Waals surface area contributed by atoms with E-state index in [0.29, 0.717) is 6.54 Å². The standard InChI is InChI=1S/C19H22ClN3O2/c1-22(19(25)16-11-21-12-17(20)18(16)24)13-14-5-7-15(8-6-14)23-9-3-2-4-10-23/h5-8,11-12H,2-4,9-10,13H2,1H3,(H,21,24). The molecule has 1 fully saturated rings. The van der Waals surface area contributed by atoms with Crippen LogP contribution >= 0.6 is 11.6 Å². The van der Waals surface area contributed by atoms with E-state index in [1.165, 1.54) is 42.2 Å². The first kappa shape index (κ1) is 17.5. The molecule has 3 rings (SSSR count). The summed E-state index contributed by atoms with van der Waals surface area (Å²) >= 11 is 5.79. The van der Waals surface area contributed by atoms with Crippen LogP contribution in [0.5, 0.6) is 0 Å². The molecule has 0 bridgehead atoms. The van der Waals surface area contributed by atoms with Gasteiger partial charge in [0.1, 0.15) is 10.6 Å². The van der Waals surface area contributed by atoms with E-state index in [0.717, 1.165) is 18.7 Å². The summed E-state index contributed by atoms with van der Waals surface area (Å²) in [5, 5.41) is 0.0186. The Kier molecular flexibility index (Phi) is 5.43. The lowest BCUT2D eigenvalue weighted by Gasteiger charge is -2.29. The molecule has 0 atom stereocenters. The molecule has 1 aromatic heterocycles. The molecule has 2 heterocycles. The van der Waals surface area contributed by atoms with Crippen molar-refractivity contribution in [3.05, 3.63) is 63.0 Å². The van der Waals surface area contributed by atoms with Crippen molar-refractivity contribution in [2.75, 3.05) is 25.0 Å². The first-order valence-corrected chi connectivity index (χ1v) is 8.90. The molecule has 132 valence electrons. The number of hydrogen-bond donors (Lipinski definition) is 1. The Morgan fingerprint density at radius 1 is 1.16 bits per heavy atom. The molecule has 1 aliphatic rings. The number of pyridine rings is 1. The smallest absolute Gasteiger partial charge is 0.259 e. The van der Waals surface area contributed by atoms with Gasteiger partial charge in [-0.15, -0.1) is 0 Å². The van der Waals surface area contributed by atoms with Crippen molar-refractivity contribution in [2.45, 2.75) is 25.8 Å². The minimum atomic E-state index is -0.447. The molecule has 1 saturated heterocycles. The maximum absolute atomic E-state index is 12.5. The van der Waals surface area contributed by atoms with Gasteiger partial charge in [0, 0.05) is 44.8 Å². The summed E-state index contributed by atoms with van der Waals surface area (Å²) in [6.45, 7) is 2.65. The lowest BCUT2D eigenvalue weighted by molar-refractivity contribution is 0.0783. The Labute approximate surface area is 152 Å². The van der Waals surface area contributed by atoms with Gasteiger partial charge in [0.25, 0.3) is 5.91 Å². The molecule has 1 N–H and O–H groups in total. The van der Waals surface area contributed by atoms with E-state index in [9.17, 15) is 9.59 Å². The van der Waals surface area contributed by atoms with Crippen LogP contribution in [0.2, 0.25) is 5.02 Å². The number of aromatic amines is 1. The van der Waals surface area contributed by atoms with Crippen LogP contribution in [0.25, 0.3) is 0 Å². The molecule has 5 nitrogen and oxygen atoms in total. The summed E-state index contributed by atoms with van der Waals surface area (Å²) in [5.74, 6) is -0.344. The van der Waals surface area contributed by atoms with Crippen molar-refractivity contribution in [1.82, 2.24) is 9.88 Å². The number of hydrogen-bond acceptors (Lipinski definition) is 3. The van der Waals surface area contributed by atoms with Crippen molar-refractivity contribution in [3.63, 3.8) is 0 Å². The average Bonchev–Trinajstić information content (AvgIpc) is 2.65. The number of benzene rings is 1. The van der Waals surface area contributed by atoms with Gasteiger partial charge in [-0.25, -0.2) is 0 Å². The molecule has 0 saturated carbocycles. The highest BCUT2D eigenvalue weighted by atomic mass is 35.5. The fourth-order valence-corrected chi connectivity index (χ4v) is 3.30. The van der Waals surface area contributed by atoms with Gasteiger partial charge in [-0.3, -0.25) is 9.59 Å². The minimum Gasteiger partial charge on any atom is -0.372 e. The zero-order chi connectivity index (χ0) is 17.8. The molecular weight excluding hydrogens is 338 g/mol. The van der Waals surface area contributed by atoms with Gasteiger partial charge in [-0.1, -0.05) is 23.7 Å². The van der Waals surface area contributed by atoms with E-state index in [-0.39, 0.29) is 16.5 Å². The number of halogens is 1. The molecule has 0 radical (unpaired) electrons. The van der Waals surface area contributed by atoms with Gasteiger partial charge in [-0.05, 0) is 37.0 Å². The van der Waals surface area contributed by atoms with Gasteiger partial charge in [0.15, 0.2) is 0 Å². The van der Waals surface area contributed by atoms with Crippen LogP contribution in [0.1, 0.15) is 35.2 Å². The van der Waals surface area contributed by atoms with Gasteiger partial charge in [-0.2, -0.15) is 0 Å². The Bertz CT molecular complexity index is 795. The number of nitrogens with one attached hydrogen (secondary N) is 1. The Balaban J connectivity index is 1.68. The second-order valence-electron chi connectivity index (χ2n) is 6.42. The summed E-state index contributed by atoms with van der Waals surface area (Å²) in [7, 11) is 1.68. The van der Waals surface area contributed by atoms with E-state index < -0.39 is 5.43 Å². The number of nitrogens with zero attached hydrogens (tertiary/aromatic N) is 2.